The van der Waals surface area contributed by atoms with E-state index in [2.05, 4.69) is 33.8 Å². The lowest BCUT2D eigenvalue weighted by Crippen LogP contribution is -2.44. The first kappa shape index (κ1) is 14.9. The third-order valence-electron chi connectivity index (χ3n) is 5.15. The van der Waals surface area contributed by atoms with Crippen LogP contribution in [0, 0.1) is 0 Å². The van der Waals surface area contributed by atoms with Crippen LogP contribution < -0.4 is 5.73 Å². The molecule has 3 heterocycles. The third kappa shape index (κ3) is 3.28. The van der Waals surface area contributed by atoms with Crippen LogP contribution >= 0.6 is 0 Å². The van der Waals surface area contributed by atoms with Crippen molar-refractivity contribution in [3.05, 3.63) is 30.1 Å². The molecule has 21 heavy (non-hydrogen) atoms. The van der Waals surface area contributed by atoms with Gasteiger partial charge in [-0.2, -0.15) is 0 Å². The van der Waals surface area contributed by atoms with E-state index in [-0.39, 0.29) is 6.04 Å². The molecular weight excluding hydrogens is 260 g/mol. The average Bonchev–Trinajstić information content (AvgIpc) is 2.86. The Morgan fingerprint density at radius 2 is 2.00 bits per heavy atom. The van der Waals surface area contributed by atoms with Gasteiger partial charge in [0.15, 0.2) is 0 Å². The first-order valence-electron chi connectivity index (χ1n) is 8.43. The molecule has 2 saturated heterocycles. The molecule has 2 aliphatic heterocycles. The fourth-order valence-corrected chi connectivity index (χ4v) is 4.00. The maximum absolute atomic E-state index is 6.49. The molecule has 3 rings (SSSR count). The highest BCUT2D eigenvalue weighted by atomic mass is 15.3. The molecule has 2 N–H and O–H groups in total. The zero-order valence-corrected chi connectivity index (χ0v) is 13.1. The molecule has 0 amide bonds. The third-order valence-corrected chi connectivity index (χ3v) is 5.15. The summed E-state index contributed by atoms with van der Waals surface area (Å²) in [5.41, 5.74) is 7.82. The Bertz CT molecular complexity index is 436. The van der Waals surface area contributed by atoms with Crippen LogP contribution in [-0.2, 0) is 0 Å². The van der Waals surface area contributed by atoms with Crippen LogP contribution in [0.3, 0.4) is 0 Å². The average molecular weight is 288 g/mol. The minimum Gasteiger partial charge on any atom is -0.326 e. The Kier molecular flexibility index (Phi) is 4.88. The van der Waals surface area contributed by atoms with Crippen LogP contribution in [0.1, 0.15) is 44.2 Å². The summed E-state index contributed by atoms with van der Waals surface area (Å²) in [6.07, 6.45) is 8.76. The second kappa shape index (κ2) is 6.86. The number of aromatic nitrogens is 1. The summed E-state index contributed by atoms with van der Waals surface area (Å²) in [6, 6.07) is 5.54. The summed E-state index contributed by atoms with van der Waals surface area (Å²) in [4.78, 5) is 9.48. The Hall–Kier alpha value is -0.970. The van der Waals surface area contributed by atoms with Gasteiger partial charge in [0.25, 0.3) is 0 Å². The molecule has 3 atom stereocenters. The van der Waals surface area contributed by atoms with E-state index in [0.29, 0.717) is 6.04 Å². The van der Waals surface area contributed by atoms with Crippen LogP contribution in [0.5, 0.6) is 0 Å². The first-order chi connectivity index (χ1) is 10.3. The van der Waals surface area contributed by atoms with Gasteiger partial charge >= 0.3 is 0 Å². The van der Waals surface area contributed by atoms with Gasteiger partial charge in [0, 0.05) is 37.6 Å². The molecule has 3 unspecified atom stereocenters. The number of nitrogens with two attached hydrogens (primary N) is 1. The van der Waals surface area contributed by atoms with Gasteiger partial charge in [-0.05, 0) is 56.5 Å². The standard InChI is InChI=1S/C17H28N4/c1-2-16(18)17(14-6-8-19-9-7-14)21-12-4-11-20-10-3-5-15(20)13-21/h6-9,15-17H,2-5,10-13,18H2,1H3. The minimum atomic E-state index is 0.195. The molecule has 2 fully saturated rings. The lowest BCUT2D eigenvalue weighted by molar-refractivity contribution is 0.151. The number of fused-ring (bicyclic) bond motifs is 1. The molecule has 0 spiro atoms. The van der Waals surface area contributed by atoms with Crippen molar-refractivity contribution in [2.45, 2.75) is 50.7 Å². The van der Waals surface area contributed by atoms with Crippen molar-refractivity contribution in [3.8, 4) is 0 Å². The molecule has 0 bridgehead atoms. The number of hydrogen-bond acceptors (Lipinski definition) is 4. The number of pyridine rings is 1. The maximum Gasteiger partial charge on any atom is 0.0500 e. The Labute approximate surface area is 128 Å². The zero-order valence-electron chi connectivity index (χ0n) is 13.1. The van der Waals surface area contributed by atoms with Gasteiger partial charge in [-0.3, -0.25) is 14.8 Å². The van der Waals surface area contributed by atoms with E-state index in [0.717, 1.165) is 19.0 Å². The summed E-state index contributed by atoms with van der Waals surface area (Å²) >= 11 is 0. The molecular formula is C17H28N4. The minimum absolute atomic E-state index is 0.195. The smallest absolute Gasteiger partial charge is 0.0500 e. The fourth-order valence-electron chi connectivity index (χ4n) is 4.00. The van der Waals surface area contributed by atoms with Crippen molar-refractivity contribution in [2.75, 3.05) is 26.2 Å². The monoisotopic (exact) mass is 288 g/mol. The molecule has 1 aromatic heterocycles. The number of rotatable bonds is 4. The van der Waals surface area contributed by atoms with E-state index in [9.17, 15) is 0 Å². The summed E-state index contributed by atoms with van der Waals surface area (Å²) < 4.78 is 0. The summed E-state index contributed by atoms with van der Waals surface area (Å²) in [5, 5.41) is 0. The predicted molar refractivity (Wildman–Crippen MR) is 86.0 cm³/mol. The van der Waals surface area contributed by atoms with Crippen LogP contribution in [0.4, 0.5) is 0 Å². The molecule has 0 aromatic carbocycles. The van der Waals surface area contributed by atoms with Crippen LogP contribution in [0.15, 0.2) is 24.5 Å². The van der Waals surface area contributed by atoms with E-state index in [1.807, 2.05) is 12.4 Å². The normalized spacial score (nSPS) is 27.0. The van der Waals surface area contributed by atoms with E-state index in [1.165, 1.54) is 44.5 Å². The Morgan fingerprint density at radius 1 is 1.24 bits per heavy atom. The number of nitrogens with zero attached hydrogens (tertiary/aromatic N) is 3. The second-order valence-electron chi connectivity index (χ2n) is 6.48. The predicted octanol–water partition coefficient (Wildman–Crippen LogP) is 2.03. The highest BCUT2D eigenvalue weighted by molar-refractivity contribution is 5.18. The summed E-state index contributed by atoms with van der Waals surface area (Å²) in [6.45, 7) is 7.07. The number of hydrogen-bond donors (Lipinski definition) is 1. The summed E-state index contributed by atoms with van der Waals surface area (Å²) in [7, 11) is 0. The quantitative estimate of drug-likeness (QED) is 0.921. The van der Waals surface area contributed by atoms with Gasteiger partial charge in [0.05, 0.1) is 6.04 Å². The SMILES string of the molecule is CCC(N)C(c1ccncc1)N1CCCN2CCCC2C1. The Balaban J connectivity index is 1.82. The zero-order chi connectivity index (χ0) is 14.7. The van der Waals surface area contributed by atoms with Crippen LogP contribution in [-0.4, -0.2) is 53.0 Å². The molecule has 2 aliphatic rings. The summed E-state index contributed by atoms with van der Waals surface area (Å²) in [5.74, 6) is 0. The first-order valence-corrected chi connectivity index (χ1v) is 8.43. The molecule has 0 radical (unpaired) electrons. The van der Waals surface area contributed by atoms with Gasteiger partial charge in [-0.15, -0.1) is 0 Å². The van der Waals surface area contributed by atoms with E-state index in [1.54, 1.807) is 0 Å². The lowest BCUT2D eigenvalue weighted by atomic mass is 9.96. The molecule has 1 aromatic rings. The van der Waals surface area contributed by atoms with E-state index in [4.69, 9.17) is 5.73 Å². The van der Waals surface area contributed by atoms with Crippen molar-refractivity contribution < 1.29 is 0 Å². The van der Waals surface area contributed by atoms with Gasteiger partial charge in [-0.1, -0.05) is 6.92 Å². The van der Waals surface area contributed by atoms with Crippen molar-refractivity contribution in [1.29, 1.82) is 0 Å². The van der Waals surface area contributed by atoms with Crippen molar-refractivity contribution in [1.82, 2.24) is 14.8 Å². The van der Waals surface area contributed by atoms with E-state index >= 15 is 0 Å². The largest absolute Gasteiger partial charge is 0.326 e. The second-order valence-corrected chi connectivity index (χ2v) is 6.48. The van der Waals surface area contributed by atoms with Crippen molar-refractivity contribution >= 4 is 0 Å². The van der Waals surface area contributed by atoms with Crippen molar-refractivity contribution in [3.63, 3.8) is 0 Å². The van der Waals surface area contributed by atoms with Gasteiger partial charge in [-0.25, -0.2) is 0 Å². The highest BCUT2D eigenvalue weighted by Gasteiger charge is 2.33. The van der Waals surface area contributed by atoms with Crippen LogP contribution in [0.2, 0.25) is 0 Å². The molecule has 0 saturated carbocycles. The Morgan fingerprint density at radius 3 is 2.76 bits per heavy atom. The fraction of sp³-hybridized carbons (Fsp3) is 0.706. The van der Waals surface area contributed by atoms with E-state index < -0.39 is 0 Å². The lowest BCUT2D eigenvalue weighted by Gasteiger charge is -2.36. The van der Waals surface area contributed by atoms with Gasteiger partial charge < -0.3 is 5.73 Å². The molecule has 4 heteroatoms. The molecule has 0 aliphatic carbocycles. The van der Waals surface area contributed by atoms with Gasteiger partial charge in [0.1, 0.15) is 0 Å². The molecule has 116 valence electrons. The maximum atomic E-state index is 6.49. The van der Waals surface area contributed by atoms with Crippen LogP contribution in [0.25, 0.3) is 0 Å². The highest BCUT2D eigenvalue weighted by Crippen LogP contribution is 2.29. The topological polar surface area (TPSA) is 45.4 Å². The van der Waals surface area contributed by atoms with Crippen molar-refractivity contribution in [2.24, 2.45) is 5.73 Å². The molecule has 4 nitrogen and oxygen atoms in total. The van der Waals surface area contributed by atoms with Gasteiger partial charge in [0.2, 0.25) is 0 Å².